The van der Waals surface area contributed by atoms with Crippen LogP contribution in [0.25, 0.3) is 11.2 Å². The molecule has 0 radical (unpaired) electrons. The van der Waals surface area contributed by atoms with Crippen LogP contribution in [0.3, 0.4) is 0 Å². The summed E-state index contributed by atoms with van der Waals surface area (Å²) in [5.74, 6) is 0.508. The minimum absolute atomic E-state index is 0.0147. The number of amides is 1. The van der Waals surface area contributed by atoms with Gasteiger partial charge in [-0.3, -0.25) is 13.9 Å². The fourth-order valence-corrected chi connectivity index (χ4v) is 2.28. The maximum absolute atomic E-state index is 12.6. The molecular weight excluding hydrogens is 284 g/mol. The van der Waals surface area contributed by atoms with E-state index < -0.39 is 0 Å². The van der Waals surface area contributed by atoms with E-state index in [-0.39, 0.29) is 24.7 Å². The van der Waals surface area contributed by atoms with E-state index in [1.165, 1.54) is 14.0 Å². The van der Waals surface area contributed by atoms with Crippen molar-refractivity contribution in [1.82, 2.24) is 19.0 Å². The van der Waals surface area contributed by atoms with E-state index in [9.17, 15) is 9.59 Å². The zero-order chi connectivity index (χ0) is 15.7. The Morgan fingerprint density at radius 1 is 1.27 bits per heavy atom. The molecule has 0 atom stereocenters. The van der Waals surface area contributed by atoms with Crippen LogP contribution in [0, 0.1) is 0 Å². The number of rotatable bonds is 4. The summed E-state index contributed by atoms with van der Waals surface area (Å²) in [5, 5.41) is 0. The number of imidazole rings is 1. The van der Waals surface area contributed by atoms with Gasteiger partial charge in [-0.05, 0) is 24.3 Å². The number of likely N-dealkylation sites (N-methyl/N-ethyl adjacent to an activating group) is 1. The van der Waals surface area contributed by atoms with Crippen LogP contribution in [0.2, 0.25) is 0 Å². The fourth-order valence-electron chi connectivity index (χ4n) is 2.28. The molecular formula is C15H16N4O3. The van der Waals surface area contributed by atoms with Crippen molar-refractivity contribution in [3.05, 3.63) is 53.0 Å². The molecule has 0 aliphatic carbocycles. The molecule has 0 saturated heterocycles. The molecule has 22 heavy (non-hydrogen) atoms. The van der Waals surface area contributed by atoms with Crippen molar-refractivity contribution in [3.63, 3.8) is 0 Å². The number of pyridine rings is 1. The van der Waals surface area contributed by atoms with Gasteiger partial charge in [0.1, 0.15) is 12.3 Å². The van der Waals surface area contributed by atoms with E-state index in [2.05, 4.69) is 4.98 Å². The third kappa shape index (κ3) is 2.41. The second-order valence-electron chi connectivity index (χ2n) is 5.17. The Labute approximate surface area is 126 Å². The lowest BCUT2D eigenvalue weighted by atomic mass is 10.4. The first-order valence-electron chi connectivity index (χ1n) is 6.84. The van der Waals surface area contributed by atoms with Crippen molar-refractivity contribution in [1.29, 1.82) is 0 Å². The molecule has 0 saturated carbocycles. The van der Waals surface area contributed by atoms with Crippen LogP contribution in [0.4, 0.5) is 0 Å². The second kappa shape index (κ2) is 5.51. The first kappa shape index (κ1) is 14.1. The number of fused-ring (bicyclic) bond motifs is 1. The van der Waals surface area contributed by atoms with Gasteiger partial charge in [0.15, 0.2) is 5.65 Å². The van der Waals surface area contributed by atoms with Crippen molar-refractivity contribution in [2.24, 2.45) is 0 Å². The smallest absolute Gasteiger partial charge is 0.331 e. The van der Waals surface area contributed by atoms with Gasteiger partial charge >= 0.3 is 5.69 Å². The van der Waals surface area contributed by atoms with Gasteiger partial charge in [-0.25, -0.2) is 9.78 Å². The van der Waals surface area contributed by atoms with E-state index >= 15 is 0 Å². The zero-order valence-electron chi connectivity index (χ0n) is 12.4. The molecule has 0 N–H and O–H groups in total. The largest absolute Gasteiger partial charge is 0.467 e. The number of hydrogen-bond donors (Lipinski definition) is 0. The minimum atomic E-state index is -0.277. The predicted octanol–water partition coefficient (Wildman–Crippen LogP) is 0.927. The molecule has 0 spiro atoms. The van der Waals surface area contributed by atoms with E-state index in [0.717, 1.165) is 0 Å². The van der Waals surface area contributed by atoms with Crippen LogP contribution < -0.4 is 5.69 Å². The Hall–Kier alpha value is -2.83. The molecule has 1 amide bonds. The van der Waals surface area contributed by atoms with Gasteiger partial charge in [-0.15, -0.1) is 0 Å². The van der Waals surface area contributed by atoms with Gasteiger partial charge in [-0.1, -0.05) is 0 Å². The van der Waals surface area contributed by atoms with Crippen molar-refractivity contribution < 1.29 is 9.21 Å². The quantitative estimate of drug-likeness (QED) is 0.718. The van der Waals surface area contributed by atoms with E-state index in [4.69, 9.17) is 4.42 Å². The number of hydrogen-bond acceptors (Lipinski definition) is 4. The third-order valence-electron chi connectivity index (χ3n) is 3.46. The van der Waals surface area contributed by atoms with Gasteiger partial charge in [-0.2, -0.15) is 0 Å². The summed E-state index contributed by atoms with van der Waals surface area (Å²) in [5.41, 5.74) is 0.894. The normalized spacial score (nSPS) is 11.0. The Morgan fingerprint density at radius 2 is 2.09 bits per heavy atom. The van der Waals surface area contributed by atoms with Gasteiger partial charge in [0, 0.05) is 20.3 Å². The number of nitrogens with zero attached hydrogens (tertiary/aromatic N) is 4. The monoisotopic (exact) mass is 300 g/mol. The number of carbonyl (C=O) groups excluding carboxylic acids is 1. The lowest BCUT2D eigenvalue weighted by Gasteiger charge is -2.10. The summed E-state index contributed by atoms with van der Waals surface area (Å²) < 4.78 is 8.25. The highest BCUT2D eigenvalue weighted by molar-refractivity contribution is 5.79. The predicted molar refractivity (Wildman–Crippen MR) is 80.5 cm³/mol. The molecule has 7 heteroatoms. The highest BCUT2D eigenvalue weighted by Gasteiger charge is 2.17. The molecule has 3 aromatic rings. The molecule has 3 aromatic heterocycles. The third-order valence-corrected chi connectivity index (χ3v) is 3.46. The van der Waals surface area contributed by atoms with Crippen molar-refractivity contribution in [2.75, 3.05) is 14.1 Å². The van der Waals surface area contributed by atoms with E-state index in [0.29, 0.717) is 16.9 Å². The van der Waals surface area contributed by atoms with Crippen molar-refractivity contribution >= 4 is 17.1 Å². The van der Waals surface area contributed by atoms with Gasteiger partial charge in [0.2, 0.25) is 5.91 Å². The average molecular weight is 300 g/mol. The molecule has 3 heterocycles. The number of furan rings is 1. The van der Waals surface area contributed by atoms with Crippen LogP contribution in [0.1, 0.15) is 5.76 Å². The first-order chi connectivity index (χ1) is 10.6. The van der Waals surface area contributed by atoms with E-state index in [1.54, 1.807) is 50.8 Å². The standard InChI is InChI=1S/C15H16N4O3/c1-17(2)13(20)10-18-12-6-3-7-16-14(12)19(15(18)21)9-11-5-4-8-22-11/h3-8H,9-10H2,1-2H3. The first-order valence-corrected chi connectivity index (χ1v) is 6.84. The van der Waals surface area contributed by atoms with Crippen LogP contribution in [-0.2, 0) is 17.9 Å². The average Bonchev–Trinajstić information content (AvgIpc) is 3.10. The molecule has 0 fully saturated rings. The van der Waals surface area contributed by atoms with Gasteiger partial charge < -0.3 is 9.32 Å². The summed E-state index contributed by atoms with van der Waals surface area (Å²) in [7, 11) is 3.32. The number of aromatic nitrogens is 3. The summed E-state index contributed by atoms with van der Waals surface area (Å²) in [6.45, 7) is 0.266. The highest BCUT2D eigenvalue weighted by atomic mass is 16.3. The molecule has 114 valence electrons. The van der Waals surface area contributed by atoms with Crippen molar-refractivity contribution in [3.8, 4) is 0 Å². The van der Waals surface area contributed by atoms with Gasteiger partial charge in [0.05, 0.1) is 18.3 Å². The Balaban J connectivity index is 2.11. The lowest BCUT2D eigenvalue weighted by molar-refractivity contribution is -0.129. The molecule has 0 bridgehead atoms. The maximum Gasteiger partial charge on any atom is 0.331 e. The van der Waals surface area contributed by atoms with Crippen molar-refractivity contribution in [2.45, 2.75) is 13.1 Å². The van der Waals surface area contributed by atoms with Crippen LogP contribution in [0.15, 0.2) is 45.9 Å². The lowest BCUT2D eigenvalue weighted by Crippen LogP contribution is -2.32. The minimum Gasteiger partial charge on any atom is -0.467 e. The summed E-state index contributed by atoms with van der Waals surface area (Å²) >= 11 is 0. The maximum atomic E-state index is 12.6. The van der Waals surface area contributed by atoms with E-state index in [1.807, 2.05) is 0 Å². The number of carbonyl (C=O) groups is 1. The summed E-state index contributed by atoms with van der Waals surface area (Å²) in [4.78, 5) is 30.3. The molecule has 0 aliphatic heterocycles. The SMILES string of the molecule is CN(C)C(=O)Cn1c(=O)n(Cc2ccco2)c2ncccc21. The Kier molecular flexibility index (Phi) is 3.54. The summed E-state index contributed by atoms with van der Waals surface area (Å²) in [6.07, 6.45) is 3.18. The van der Waals surface area contributed by atoms with Crippen LogP contribution in [-0.4, -0.2) is 39.0 Å². The molecule has 7 nitrogen and oxygen atoms in total. The van der Waals surface area contributed by atoms with Crippen LogP contribution in [0.5, 0.6) is 0 Å². The second-order valence-corrected chi connectivity index (χ2v) is 5.17. The Bertz CT molecular complexity index is 859. The summed E-state index contributed by atoms with van der Waals surface area (Å²) in [6, 6.07) is 7.09. The zero-order valence-corrected chi connectivity index (χ0v) is 12.4. The molecule has 0 aromatic carbocycles. The van der Waals surface area contributed by atoms with Crippen LogP contribution >= 0.6 is 0 Å². The topological polar surface area (TPSA) is 73.3 Å². The highest BCUT2D eigenvalue weighted by Crippen LogP contribution is 2.12. The molecule has 3 rings (SSSR count). The fraction of sp³-hybridized carbons (Fsp3) is 0.267. The Morgan fingerprint density at radius 3 is 2.77 bits per heavy atom. The molecule has 0 unspecified atom stereocenters. The van der Waals surface area contributed by atoms with Gasteiger partial charge in [0.25, 0.3) is 0 Å². The molecule has 0 aliphatic rings.